The Kier molecular flexibility index (Phi) is 4.66. The average molecular weight is 211 g/mol. The highest BCUT2D eigenvalue weighted by Gasteiger charge is 2.26. The van der Waals surface area contributed by atoms with Crippen molar-refractivity contribution in [1.29, 1.82) is 0 Å². The first-order valence-corrected chi connectivity index (χ1v) is 5.55. The van der Waals surface area contributed by atoms with Gasteiger partial charge in [-0.25, -0.2) is 4.79 Å². The second-order valence-electron chi connectivity index (χ2n) is 4.24. The van der Waals surface area contributed by atoms with Crippen molar-refractivity contribution in [2.24, 2.45) is 5.92 Å². The summed E-state index contributed by atoms with van der Waals surface area (Å²) < 4.78 is 10.1. The largest absolute Gasteiger partial charge is 0.509 e. The van der Waals surface area contributed by atoms with Gasteiger partial charge in [0.05, 0.1) is 6.10 Å². The Bertz CT molecular complexity index is 217. The molecule has 0 aromatic carbocycles. The number of rotatable bonds is 4. The second-order valence-corrected chi connectivity index (χ2v) is 4.24. The number of carbonyl (C=O) groups is 1. The lowest BCUT2D eigenvalue weighted by molar-refractivity contribution is 0.00497. The summed E-state index contributed by atoms with van der Waals surface area (Å²) in [4.78, 5) is 11.3. The fourth-order valence-electron chi connectivity index (χ4n) is 1.91. The summed E-state index contributed by atoms with van der Waals surface area (Å²) in [6.45, 7) is 9.05. The minimum absolute atomic E-state index is 0.153. The molecule has 0 amide bonds. The highest BCUT2D eigenvalue weighted by atomic mass is 16.7. The first kappa shape index (κ1) is 12.1. The lowest BCUT2D eigenvalue weighted by atomic mass is 10.0. The van der Waals surface area contributed by atoms with Crippen LogP contribution in [0.1, 0.15) is 39.5 Å². The normalized spacial score (nSPS) is 18.9. The van der Waals surface area contributed by atoms with Crippen LogP contribution >= 0.6 is 0 Å². The molecule has 1 atom stereocenters. The fourth-order valence-corrected chi connectivity index (χ4v) is 1.91. The van der Waals surface area contributed by atoms with Crippen molar-refractivity contribution < 1.29 is 14.3 Å². The van der Waals surface area contributed by atoms with Gasteiger partial charge in [-0.3, -0.25) is 0 Å². The summed E-state index contributed by atoms with van der Waals surface area (Å²) in [6, 6.07) is 0. The highest BCUT2D eigenvalue weighted by Crippen LogP contribution is 2.29. The summed E-state index contributed by atoms with van der Waals surface area (Å²) >= 11 is 0. The van der Waals surface area contributed by atoms with Crippen molar-refractivity contribution >= 4 is 6.16 Å². The Morgan fingerprint density at radius 1 is 1.33 bits per heavy atom. The van der Waals surface area contributed by atoms with E-state index in [0.717, 1.165) is 12.8 Å². The standard InChI is InChI=1S/C12H19O3/c1-4-11(10-7-5-6-8-10)15-12(13)14-9(2)3/h1,4,9-11H,5-8H2,2-3H3. The summed E-state index contributed by atoms with van der Waals surface area (Å²) in [5.41, 5.74) is 0. The zero-order valence-electron chi connectivity index (χ0n) is 9.44. The van der Waals surface area contributed by atoms with Gasteiger partial charge in [0, 0.05) is 0 Å². The van der Waals surface area contributed by atoms with Crippen molar-refractivity contribution in [3.63, 3.8) is 0 Å². The zero-order chi connectivity index (χ0) is 11.3. The third-order valence-electron chi connectivity index (χ3n) is 2.62. The van der Waals surface area contributed by atoms with Gasteiger partial charge in [-0.15, -0.1) is 0 Å². The minimum Gasteiger partial charge on any atom is -0.432 e. The van der Waals surface area contributed by atoms with Crippen molar-refractivity contribution in [2.45, 2.75) is 51.7 Å². The van der Waals surface area contributed by atoms with E-state index in [-0.39, 0.29) is 12.2 Å². The lowest BCUT2D eigenvalue weighted by Gasteiger charge is -2.20. The molecule has 3 nitrogen and oxygen atoms in total. The maximum atomic E-state index is 11.3. The SMILES string of the molecule is [CH]=CC(OC(=O)OC(C)C)C1CCCC1. The molecule has 85 valence electrons. The van der Waals surface area contributed by atoms with Crippen LogP contribution in [0.4, 0.5) is 4.79 Å². The van der Waals surface area contributed by atoms with Gasteiger partial charge in [0.1, 0.15) is 6.10 Å². The maximum Gasteiger partial charge on any atom is 0.509 e. The molecule has 0 aromatic heterocycles. The van der Waals surface area contributed by atoms with E-state index in [9.17, 15) is 4.79 Å². The van der Waals surface area contributed by atoms with Gasteiger partial charge in [0.2, 0.25) is 0 Å². The van der Waals surface area contributed by atoms with Gasteiger partial charge in [0.25, 0.3) is 0 Å². The number of hydrogen-bond donors (Lipinski definition) is 0. The average Bonchev–Trinajstić information content (AvgIpc) is 2.65. The molecule has 0 spiro atoms. The predicted octanol–water partition coefficient (Wildman–Crippen LogP) is 3.10. The summed E-state index contributed by atoms with van der Waals surface area (Å²) in [5, 5.41) is 0. The fraction of sp³-hybridized carbons (Fsp3) is 0.750. The monoisotopic (exact) mass is 211 g/mol. The summed E-state index contributed by atoms with van der Waals surface area (Å²) in [7, 11) is 0. The highest BCUT2D eigenvalue weighted by molar-refractivity contribution is 5.60. The molecule has 3 heteroatoms. The third kappa shape index (κ3) is 3.94. The molecular formula is C12H19O3. The first-order chi connectivity index (χ1) is 7.13. The smallest absolute Gasteiger partial charge is 0.432 e. The van der Waals surface area contributed by atoms with Crippen molar-refractivity contribution in [3.05, 3.63) is 12.7 Å². The summed E-state index contributed by atoms with van der Waals surface area (Å²) in [6.07, 6.45) is 4.93. The van der Waals surface area contributed by atoms with E-state index in [4.69, 9.17) is 16.1 Å². The zero-order valence-corrected chi connectivity index (χ0v) is 9.44. The quantitative estimate of drug-likeness (QED) is 0.670. The van der Waals surface area contributed by atoms with E-state index in [1.165, 1.54) is 18.9 Å². The molecule has 1 saturated carbocycles. The van der Waals surface area contributed by atoms with E-state index in [1.54, 1.807) is 13.8 Å². The Balaban J connectivity index is 2.38. The van der Waals surface area contributed by atoms with Crippen LogP contribution in [0.15, 0.2) is 6.08 Å². The predicted molar refractivity (Wildman–Crippen MR) is 57.3 cm³/mol. The first-order valence-electron chi connectivity index (χ1n) is 5.55. The molecule has 1 fully saturated rings. The topological polar surface area (TPSA) is 35.5 Å². The van der Waals surface area contributed by atoms with Crippen LogP contribution in [0.3, 0.4) is 0 Å². The second kappa shape index (κ2) is 5.79. The number of ether oxygens (including phenoxy) is 2. The Labute approximate surface area is 91.4 Å². The van der Waals surface area contributed by atoms with Crippen molar-refractivity contribution in [1.82, 2.24) is 0 Å². The maximum absolute atomic E-state index is 11.3. The van der Waals surface area contributed by atoms with Gasteiger partial charge in [-0.1, -0.05) is 19.4 Å². The van der Waals surface area contributed by atoms with Gasteiger partial charge in [0.15, 0.2) is 0 Å². The van der Waals surface area contributed by atoms with E-state index in [1.807, 2.05) is 0 Å². The van der Waals surface area contributed by atoms with Gasteiger partial charge in [-0.2, -0.15) is 0 Å². The Morgan fingerprint density at radius 2 is 1.93 bits per heavy atom. The van der Waals surface area contributed by atoms with Crippen LogP contribution in [-0.4, -0.2) is 18.4 Å². The van der Waals surface area contributed by atoms with E-state index in [0.29, 0.717) is 5.92 Å². The van der Waals surface area contributed by atoms with Crippen LogP contribution in [0.2, 0.25) is 0 Å². The molecule has 1 unspecified atom stereocenters. The Morgan fingerprint density at radius 3 is 2.40 bits per heavy atom. The molecule has 1 rings (SSSR count). The molecular weight excluding hydrogens is 192 g/mol. The van der Waals surface area contributed by atoms with Gasteiger partial charge in [-0.05, 0) is 38.7 Å². The third-order valence-corrected chi connectivity index (χ3v) is 2.62. The van der Waals surface area contributed by atoms with Crippen LogP contribution in [0.25, 0.3) is 0 Å². The Hall–Kier alpha value is -0.990. The van der Waals surface area contributed by atoms with Crippen LogP contribution in [0.5, 0.6) is 0 Å². The number of hydrogen-bond acceptors (Lipinski definition) is 3. The molecule has 0 bridgehead atoms. The number of carbonyl (C=O) groups excluding carboxylic acids is 1. The van der Waals surface area contributed by atoms with E-state index < -0.39 is 6.16 Å². The van der Waals surface area contributed by atoms with Crippen molar-refractivity contribution in [2.75, 3.05) is 0 Å². The molecule has 0 aromatic rings. The lowest BCUT2D eigenvalue weighted by Crippen LogP contribution is -2.25. The molecule has 1 radical (unpaired) electrons. The molecule has 0 aliphatic heterocycles. The van der Waals surface area contributed by atoms with Crippen molar-refractivity contribution in [3.8, 4) is 0 Å². The molecule has 1 aliphatic carbocycles. The van der Waals surface area contributed by atoms with E-state index in [2.05, 4.69) is 0 Å². The van der Waals surface area contributed by atoms with Crippen LogP contribution in [0, 0.1) is 12.5 Å². The molecule has 0 N–H and O–H groups in total. The van der Waals surface area contributed by atoms with Gasteiger partial charge >= 0.3 is 6.16 Å². The minimum atomic E-state index is -0.622. The van der Waals surface area contributed by atoms with Crippen LogP contribution in [-0.2, 0) is 9.47 Å². The molecule has 15 heavy (non-hydrogen) atoms. The molecule has 1 aliphatic rings. The van der Waals surface area contributed by atoms with Gasteiger partial charge < -0.3 is 9.47 Å². The molecule has 0 heterocycles. The van der Waals surface area contributed by atoms with E-state index >= 15 is 0 Å². The summed E-state index contributed by atoms with van der Waals surface area (Å²) in [5.74, 6) is 0.370. The molecule has 0 saturated heterocycles. The van der Waals surface area contributed by atoms with Crippen LogP contribution < -0.4 is 0 Å².